The number of carbonyl (C=O) groups is 1. The Hall–Kier alpha value is -2.22. The Kier molecular flexibility index (Phi) is 5.41. The first-order valence-corrected chi connectivity index (χ1v) is 10.5. The molecule has 1 aliphatic rings. The van der Waals surface area contributed by atoms with Gasteiger partial charge in [0, 0.05) is 18.2 Å². The van der Waals surface area contributed by atoms with Crippen molar-refractivity contribution in [2.45, 2.75) is 50.8 Å². The molecule has 1 aliphatic heterocycles. The van der Waals surface area contributed by atoms with Gasteiger partial charge in [-0.1, -0.05) is 30.2 Å². The van der Waals surface area contributed by atoms with Crippen LogP contribution >= 0.6 is 0 Å². The van der Waals surface area contributed by atoms with E-state index in [-0.39, 0.29) is 11.9 Å². The molecule has 2 heterocycles. The number of amides is 1. The van der Waals surface area contributed by atoms with Gasteiger partial charge in [0.05, 0.1) is 0 Å². The molecule has 1 aromatic carbocycles. The van der Waals surface area contributed by atoms with Crippen LogP contribution in [0.3, 0.4) is 0 Å². The SMILES string of the molecule is CCC1CCCCN1C(=O)CS(=O)(=O)c1nnc(-c2ccccc2C)o1. The average molecular weight is 377 g/mol. The maximum Gasteiger partial charge on any atom is 0.336 e. The molecule has 0 aliphatic carbocycles. The van der Waals surface area contributed by atoms with Gasteiger partial charge in [0.1, 0.15) is 5.75 Å². The Morgan fingerprint density at radius 1 is 1.27 bits per heavy atom. The first-order chi connectivity index (χ1) is 12.4. The van der Waals surface area contributed by atoms with Gasteiger partial charge in [-0.25, -0.2) is 8.42 Å². The molecule has 1 aromatic heterocycles. The Labute approximate surface area is 153 Å². The molecular weight excluding hydrogens is 354 g/mol. The third-order valence-corrected chi connectivity index (χ3v) is 6.10. The van der Waals surface area contributed by atoms with E-state index in [2.05, 4.69) is 10.2 Å². The van der Waals surface area contributed by atoms with Crippen molar-refractivity contribution in [3.05, 3.63) is 29.8 Å². The van der Waals surface area contributed by atoms with E-state index in [1.165, 1.54) is 0 Å². The van der Waals surface area contributed by atoms with Crippen molar-refractivity contribution in [2.24, 2.45) is 0 Å². The summed E-state index contributed by atoms with van der Waals surface area (Å²) in [5, 5.41) is 7.01. The first-order valence-electron chi connectivity index (χ1n) is 8.84. The van der Waals surface area contributed by atoms with E-state index >= 15 is 0 Å². The molecule has 140 valence electrons. The number of carbonyl (C=O) groups excluding carboxylic acids is 1. The molecule has 0 saturated carbocycles. The summed E-state index contributed by atoms with van der Waals surface area (Å²) in [7, 11) is -3.97. The largest absolute Gasteiger partial charge is 0.408 e. The van der Waals surface area contributed by atoms with E-state index in [0.29, 0.717) is 12.1 Å². The van der Waals surface area contributed by atoms with Crippen molar-refractivity contribution in [2.75, 3.05) is 12.3 Å². The second-order valence-electron chi connectivity index (χ2n) is 6.59. The molecule has 1 atom stereocenters. The summed E-state index contributed by atoms with van der Waals surface area (Å²) in [4.78, 5) is 14.2. The monoisotopic (exact) mass is 377 g/mol. The summed E-state index contributed by atoms with van der Waals surface area (Å²) in [5.41, 5.74) is 1.57. The molecule has 0 radical (unpaired) electrons. The number of hydrogen-bond donors (Lipinski definition) is 0. The Balaban J connectivity index is 1.78. The zero-order chi connectivity index (χ0) is 18.7. The van der Waals surface area contributed by atoms with Crippen molar-refractivity contribution < 1.29 is 17.6 Å². The molecule has 1 amide bonds. The summed E-state index contributed by atoms with van der Waals surface area (Å²) < 4.78 is 30.5. The fourth-order valence-electron chi connectivity index (χ4n) is 3.32. The first kappa shape index (κ1) is 18.6. The highest BCUT2D eigenvalue weighted by Crippen LogP contribution is 2.24. The summed E-state index contributed by atoms with van der Waals surface area (Å²) in [5.74, 6) is -0.899. The van der Waals surface area contributed by atoms with Gasteiger partial charge < -0.3 is 9.32 Å². The number of benzene rings is 1. The fourth-order valence-corrected chi connectivity index (χ4v) is 4.30. The van der Waals surface area contributed by atoms with Crippen molar-refractivity contribution in [3.8, 4) is 11.5 Å². The van der Waals surface area contributed by atoms with E-state index in [4.69, 9.17) is 4.42 Å². The lowest BCUT2D eigenvalue weighted by atomic mass is 10.0. The molecular formula is C18H23N3O4S. The second-order valence-corrected chi connectivity index (χ2v) is 8.46. The van der Waals surface area contributed by atoms with Gasteiger partial charge >= 0.3 is 5.22 Å². The average Bonchev–Trinajstić information content (AvgIpc) is 3.12. The van der Waals surface area contributed by atoms with E-state index in [1.807, 2.05) is 32.0 Å². The van der Waals surface area contributed by atoms with E-state index in [1.54, 1.807) is 11.0 Å². The Bertz CT molecular complexity index is 891. The highest BCUT2D eigenvalue weighted by Gasteiger charge is 2.32. The minimum absolute atomic E-state index is 0.108. The van der Waals surface area contributed by atoms with Crippen molar-refractivity contribution in [1.29, 1.82) is 0 Å². The molecule has 1 unspecified atom stereocenters. The Morgan fingerprint density at radius 2 is 2.04 bits per heavy atom. The van der Waals surface area contributed by atoms with Crippen LogP contribution in [0.25, 0.3) is 11.5 Å². The van der Waals surface area contributed by atoms with Gasteiger partial charge in [0.25, 0.3) is 0 Å². The zero-order valence-electron chi connectivity index (χ0n) is 15.0. The van der Waals surface area contributed by atoms with Crippen molar-refractivity contribution in [1.82, 2.24) is 15.1 Å². The molecule has 0 spiro atoms. The predicted octanol–water partition coefficient (Wildman–Crippen LogP) is 2.61. The van der Waals surface area contributed by atoms with E-state index < -0.39 is 26.7 Å². The third kappa shape index (κ3) is 3.80. The van der Waals surface area contributed by atoms with Gasteiger partial charge in [0.15, 0.2) is 0 Å². The van der Waals surface area contributed by atoms with Crippen LogP contribution in [-0.2, 0) is 14.6 Å². The van der Waals surface area contributed by atoms with Gasteiger partial charge in [0.2, 0.25) is 21.6 Å². The highest BCUT2D eigenvalue weighted by atomic mass is 32.2. The zero-order valence-corrected chi connectivity index (χ0v) is 15.8. The van der Waals surface area contributed by atoms with Gasteiger partial charge in [-0.15, -0.1) is 5.10 Å². The molecule has 7 nitrogen and oxygen atoms in total. The predicted molar refractivity (Wildman–Crippen MR) is 96.2 cm³/mol. The van der Waals surface area contributed by atoms with Crippen LogP contribution in [0.1, 0.15) is 38.2 Å². The lowest BCUT2D eigenvalue weighted by molar-refractivity contribution is -0.132. The van der Waals surface area contributed by atoms with Gasteiger partial charge in [-0.05, 0) is 44.2 Å². The smallest absolute Gasteiger partial charge is 0.336 e. The molecule has 3 rings (SSSR count). The summed E-state index contributed by atoms with van der Waals surface area (Å²) in [6, 6.07) is 7.44. The maximum absolute atomic E-state index is 12.6. The van der Waals surface area contributed by atoms with Crippen molar-refractivity contribution >= 4 is 15.7 Å². The van der Waals surface area contributed by atoms with Crippen LogP contribution in [0.15, 0.2) is 33.9 Å². The lowest BCUT2D eigenvalue weighted by Crippen LogP contribution is -2.45. The molecule has 1 fully saturated rings. The second kappa shape index (κ2) is 7.57. The highest BCUT2D eigenvalue weighted by molar-refractivity contribution is 7.91. The van der Waals surface area contributed by atoms with Gasteiger partial charge in [-0.2, -0.15) is 0 Å². The van der Waals surface area contributed by atoms with Crippen LogP contribution in [0.2, 0.25) is 0 Å². The van der Waals surface area contributed by atoms with E-state index in [9.17, 15) is 13.2 Å². The maximum atomic E-state index is 12.6. The number of sulfone groups is 1. The number of likely N-dealkylation sites (tertiary alicyclic amines) is 1. The third-order valence-electron chi connectivity index (χ3n) is 4.78. The topological polar surface area (TPSA) is 93.4 Å². The van der Waals surface area contributed by atoms with Crippen LogP contribution in [0.5, 0.6) is 0 Å². The minimum Gasteiger partial charge on any atom is -0.408 e. The number of rotatable bonds is 5. The lowest BCUT2D eigenvalue weighted by Gasteiger charge is -2.35. The Morgan fingerprint density at radius 3 is 2.77 bits per heavy atom. The minimum atomic E-state index is -3.97. The summed E-state index contributed by atoms with van der Waals surface area (Å²) in [6.07, 6.45) is 3.71. The molecule has 0 bridgehead atoms. The van der Waals surface area contributed by atoms with Crippen LogP contribution in [-0.4, -0.2) is 47.8 Å². The van der Waals surface area contributed by atoms with Crippen molar-refractivity contribution in [3.63, 3.8) is 0 Å². The number of aryl methyl sites for hydroxylation is 1. The summed E-state index contributed by atoms with van der Waals surface area (Å²) in [6.45, 7) is 4.49. The van der Waals surface area contributed by atoms with Gasteiger partial charge in [-0.3, -0.25) is 4.79 Å². The quantitative estimate of drug-likeness (QED) is 0.795. The number of nitrogens with zero attached hydrogens (tertiary/aromatic N) is 3. The summed E-state index contributed by atoms with van der Waals surface area (Å²) >= 11 is 0. The standard InChI is InChI=1S/C18H23N3O4S/c1-3-14-9-6-7-11-21(14)16(22)12-26(23,24)18-20-19-17(25-18)15-10-5-4-8-13(15)2/h4-5,8,10,14H,3,6-7,9,11-12H2,1-2H3. The normalized spacial score (nSPS) is 18.1. The van der Waals surface area contributed by atoms with Crippen LogP contribution < -0.4 is 0 Å². The molecule has 26 heavy (non-hydrogen) atoms. The fraction of sp³-hybridized carbons (Fsp3) is 0.500. The van der Waals surface area contributed by atoms with Crippen LogP contribution in [0, 0.1) is 6.92 Å². The molecule has 2 aromatic rings. The van der Waals surface area contributed by atoms with Crippen LogP contribution in [0.4, 0.5) is 0 Å². The molecule has 1 saturated heterocycles. The number of piperidine rings is 1. The number of hydrogen-bond acceptors (Lipinski definition) is 6. The number of aromatic nitrogens is 2. The van der Waals surface area contributed by atoms with E-state index in [0.717, 1.165) is 31.2 Å². The molecule has 0 N–H and O–H groups in total. The molecule has 8 heteroatoms.